The van der Waals surface area contributed by atoms with Crippen molar-refractivity contribution in [3.05, 3.63) is 35.9 Å². The number of carbonyl (C=O) groups excluding carboxylic acids is 2. The molecule has 0 saturated carbocycles. The Kier molecular flexibility index (Phi) is 6.56. The van der Waals surface area contributed by atoms with Crippen molar-refractivity contribution in [3.63, 3.8) is 0 Å². The van der Waals surface area contributed by atoms with Gasteiger partial charge in [-0.2, -0.15) is 0 Å². The van der Waals surface area contributed by atoms with Crippen LogP contribution in [0.15, 0.2) is 30.3 Å². The summed E-state index contributed by atoms with van der Waals surface area (Å²) >= 11 is 0. The number of carbonyl (C=O) groups is 2. The first-order valence-electron chi connectivity index (χ1n) is 9.73. The third kappa shape index (κ3) is 5.32. The molecule has 28 heavy (non-hydrogen) atoms. The number of ether oxygens (including phenoxy) is 2. The number of nitrogens with one attached hydrogen (secondary N) is 1. The summed E-state index contributed by atoms with van der Waals surface area (Å²) in [6.45, 7) is 8.57. The first-order valence-corrected chi connectivity index (χ1v) is 9.73. The molecule has 3 unspecified atom stereocenters. The van der Waals surface area contributed by atoms with E-state index in [1.54, 1.807) is 34.6 Å². The highest BCUT2D eigenvalue weighted by molar-refractivity contribution is 5.82. The fraction of sp³-hybridized carbons (Fsp3) is 0.636. The first-order chi connectivity index (χ1) is 12.9. The van der Waals surface area contributed by atoms with E-state index in [4.69, 9.17) is 9.47 Å². The van der Waals surface area contributed by atoms with Crippen LogP contribution in [0.25, 0.3) is 0 Å². The van der Waals surface area contributed by atoms with Crippen LogP contribution in [0.4, 0.5) is 0 Å². The molecule has 1 fully saturated rings. The average molecular weight is 392 g/mol. The molecule has 0 amide bonds. The van der Waals surface area contributed by atoms with Crippen LogP contribution in [0.5, 0.6) is 0 Å². The van der Waals surface area contributed by atoms with Crippen LogP contribution in [0, 0.1) is 5.92 Å². The quantitative estimate of drug-likeness (QED) is 0.725. The Hall–Kier alpha value is -1.92. The van der Waals surface area contributed by atoms with Crippen molar-refractivity contribution in [3.8, 4) is 0 Å². The maximum absolute atomic E-state index is 12.9. The summed E-state index contributed by atoms with van der Waals surface area (Å²) in [5.41, 5.74) is -1.91. The molecule has 2 N–H and O–H groups in total. The van der Waals surface area contributed by atoms with Gasteiger partial charge in [-0.05, 0) is 53.0 Å². The van der Waals surface area contributed by atoms with Crippen molar-refractivity contribution in [2.24, 2.45) is 5.92 Å². The molecular formula is C22H33NO5. The monoisotopic (exact) mass is 391 g/mol. The molecule has 1 saturated heterocycles. The van der Waals surface area contributed by atoms with Gasteiger partial charge in [0.05, 0.1) is 12.7 Å². The Labute approximate surface area is 167 Å². The van der Waals surface area contributed by atoms with Gasteiger partial charge >= 0.3 is 11.9 Å². The van der Waals surface area contributed by atoms with Crippen LogP contribution in [-0.2, 0) is 25.5 Å². The normalized spacial score (nSPS) is 23.9. The van der Waals surface area contributed by atoms with Crippen molar-refractivity contribution >= 4 is 11.9 Å². The smallest absolute Gasteiger partial charge is 0.326 e. The third-order valence-electron chi connectivity index (χ3n) is 5.09. The second-order valence-corrected chi connectivity index (χ2v) is 9.19. The molecular weight excluding hydrogens is 358 g/mol. The average Bonchev–Trinajstić information content (AvgIpc) is 2.96. The second kappa shape index (κ2) is 8.21. The minimum absolute atomic E-state index is 0.363. The first kappa shape index (κ1) is 22.4. The number of esters is 2. The van der Waals surface area contributed by atoms with Crippen molar-refractivity contribution in [2.45, 2.75) is 76.7 Å². The molecule has 1 heterocycles. The minimum Gasteiger partial charge on any atom is -0.468 e. The van der Waals surface area contributed by atoms with E-state index in [1.165, 1.54) is 7.11 Å². The van der Waals surface area contributed by atoms with E-state index in [2.05, 4.69) is 5.32 Å². The van der Waals surface area contributed by atoms with E-state index in [9.17, 15) is 14.7 Å². The maximum atomic E-state index is 12.9. The largest absolute Gasteiger partial charge is 0.468 e. The molecule has 6 nitrogen and oxygen atoms in total. The van der Waals surface area contributed by atoms with Gasteiger partial charge in [0.1, 0.15) is 17.1 Å². The molecule has 6 heteroatoms. The van der Waals surface area contributed by atoms with Crippen LogP contribution in [0.3, 0.4) is 0 Å². The van der Waals surface area contributed by atoms with Gasteiger partial charge < -0.3 is 14.6 Å². The molecule has 3 atom stereocenters. The second-order valence-electron chi connectivity index (χ2n) is 9.19. The summed E-state index contributed by atoms with van der Waals surface area (Å²) < 4.78 is 10.6. The number of hydrogen-bond donors (Lipinski definition) is 2. The van der Waals surface area contributed by atoms with Gasteiger partial charge in [0.2, 0.25) is 0 Å². The third-order valence-corrected chi connectivity index (χ3v) is 5.09. The van der Waals surface area contributed by atoms with Crippen LogP contribution < -0.4 is 5.32 Å². The van der Waals surface area contributed by atoms with E-state index < -0.39 is 34.7 Å². The van der Waals surface area contributed by atoms with Crippen molar-refractivity contribution in [1.29, 1.82) is 0 Å². The van der Waals surface area contributed by atoms with Crippen molar-refractivity contribution < 1.29 is 24.2 Å². The van der Waals surface area contributed by atoms with Gasteiger partial charge in [0, 0.05) is 12.5 Å². The molecule has 156 valence electrons. The van der Waals surface area contributed by atoms with E-state index in [0.29, 0.717) is 19.3 Å². The lowest BCUT2D eigenvalue weighted by molar-refractivity contribution is -0.170. The summed E-state index contributed by atoms with van der Waals surface area (Å²) in [5.74, 6) is -1.65. The fourth-order valence-electron chi connectivity index (χ4n) is 3.97. The summed E-state index contributed by atoms with van der Waals surface area (Å²) in [6, 6.07) is 9.28. The van der Waals surface area contributed by atoms with Crippen LogP contribution in [-0.4, -0.2) is 46.9 Å². The van der Waals surface area contributed by atoms with Gasteiger partial charge in [-0.1, -0.05) is 30.3 Å². The van der Waals surface area contributed by atoms with E-state index in [-0.39, 0.29) is 5.97 Å². The van der Waals surface area contributed by atoms with Gasteiger partial charge in [0.15, 0.2) is 0 Å². The zero-order valence-corrected chi connectivity index (χ0v) is 17.7. The Bertz CT molecular complexity index is 689. The summed E-state index contributed by atoms with van der Waals surface area (Å²) in [5, 5.41) is 14.0. The fourth-order valence-corrected chi connectivity index (χ4v) is 3.97. The Morgan fingerprint density at radius 2 is 1.82 bits per heavy atom. The maximum Gasteiger partial charge on any atom is 0.326 e. The highest BCUT2D eigenvalue weighted by Gasteiger charge is 2.52. The molecule has 1 aromatic carbocycles. The lowest BCUT2D eigenvalue weighted by Gasteiger charge is -2.36. The number of benzene rings is 1. The highest BCUT2D eigenvalue weighted by atomic mass is 16.6. The van der Waals surface area contributed by atoms with Gasteiger partial charge in [-0.25, -0.2) is 0 Å². The molecule has 0 spiro atoms. The lowest BCUT2D eigenvalue weighted by Crippen LogP contribution is -2.57. The van der Waals surface area contributed by atoms with Crippen molar-refractivity contribution in [1.82, 2.24) is 5.32 Å². The Balaban J connectivity index is 2.30. The molecule has 0 aromatic heterocycles. The number of methoxy groups -OCH3 is 1. The van der Waals surface area contributed by atoms with Crippen LogP contribution in [0.1, 0.15) is 53.0 Å². The van der Waals surface area contributed by atoms with E-state index >= 15 is 0 Å². The predicted molar refractivity (Wildman–Crippen MR) is 107 cm³/mol. The summed E-state index contributed by atoms with van der Waals surface area (Å²) in [7, 11) is 1.37. The molecule has 0 bridgehead atoms. The molecule has 1 aliphatic rings. The number of aliphatic hydroxyl groups is 1. The van der Waals surface area contributed by atoms with Crippen LogP contribution in [0.2, 0.25) is 0 Å². The summed E-state index contributed by atoms with van der Waals surface area (Å²) in [6.07, 6.45) is 1.51. The Morgan fingerprint density at radius 1 is 1.21 bits per heavy atom. The molecule has 1 aromatic rings. The zero-order chi connectivity index (χ0) is 21.2. The Morgan fingerprint density at radius 3 is 2.32 bits per heavy atom. The topological polar surface area (TPSA) is 84.9 Å². The van der Waals surface area contributed by atoms with Gasteiger partial charge in [0.25, 0.3) is 0 Å². The standard InChI is InChI=1S/C22H33NO5/c1-20(2,3)28-18(24)17(21(4,5)26)16-12-13-22(23-16,19(25)27-6)14-15-10-8-7-9-11-15/h7-11,16-17,23,26H,12-14H2,1-6H3. The zero-order valence-electron chi connectivity index (χ0n) is 17.7. The minimum atomic E-state index is -1.31. The van der Waals surface area contributed by atoms with E-state index in [0.717, 1.165) is 5.56 Å². The van der Waals surface area contributed by atoms with Crippen molar-refractivity contribution in [2.75, 3.05) is 7.11 Å². The molecule has 0 aliphatic carbocycles. The highest BCUT2D eigenvalue weighted by Crippen LogP contribution is 2.36. The number of hydrogen-bond acceptors (Lipinski definition) is 6. The van der Waals surface area contributed by atoms with Gasteiger partial charge in [-0.3, -0.25) is 14.9 Å². The molecule has 0 radical (unpaired) electrons. The number of rotatable bonds is 6. The van der Waals surface area contributed by atoms with Crippen LogP contribution >= 0.6 is 0 Å². The SMILES string of the molecule is COC(=O)C1(Cc2ccccc2)CCC(C(C(=O)OC(C)(C)C)C(C)(C)O)N1. The molecule has 1 aliphatic heterocycles. The van der Waals surface area contributed by atoms with E-state index in [1.807, 2.05) is 30.3 Å². The predicted octanol–water partition coefficient (Wildman–Crippen LogP) is 2.62. The molecule has 2 rings (SSSR count). The summed E-state index contributed by atoms with van der Waals surface area (Å²) in [4.78, 5) is 25.6. The van der Waals surface area contributed by atoms with Gasteiger partial charge in [-0.15, -0.1) is 0 Å². The lowest BCUT2D eigenvalue weighted by atomic mass is 9.83.